The number of benzene rings is 1. The summed E-state index contributed by atoms with van der Waals surface area (Å²) in [7, 11) is -1.65. The molecule has 0 aliphatic carbocycles. The average molecular weight is 307 g/mol. The van der Waals surface area contributed by atoms with E-state index in [0.717, 1.165) is 18.7 Å². The minimum absolute atomic E-state index is 0. The lowest BCUT2D eigenvalue weighted by Gasteiger charge is -2.26. The zero-order valence-electron chi connectivity index (χ0n) is 10.8. The first-order valence-corrected chi connectivity index (χ1v) is 7.54. The van der Waals surface area contributed by atoms with Gasteiger partial charge in [-0.05, 0) is 17.7 Å². The van der Waals surface area contributed by atoms with E-state index in [4.69, 9.17) is 4.74 Å². The molecule has 0 saturated carbocycles. The molecular formula is C12H19ClN2O3S. The van der Waals surface area contributed by atoms with Crippen molar-refractivity contribution in [3.8, 4) is 5.75 Å². The van der Waals surface area contributed by atoms with Gasteiger partial charge in [-0.25, -0.2) is 8.42 Å². The van der Waals surface area contributed by atoms with Crippen LogP contribution in [0.25, 0.3) is 0 Å². The van der Waals surface area contributed by atoms with Crippen LogP contribution in [0.15, 0.2) is 24.3 Å². The molecule has 1 aliphatic rings. The number of hydrogen-bond acceptors (Lipinski definition) is 4. The molecule has 108 valence electrons. The van der Waals surface area contributed by atoms with Crippen molar-refractivity contribution < 1.29 is 13.2 Å². The van der Waals surface area contributed by atoms with Crippen molar-refractivity contribution in [1.29, 1.82) is 0 Å². The van der Waals surface area contributed by atoms with Gasteiger partial charge in [-0.2, -0.15) is 4.31 Å². The molecule has 7 heteroatoms. The predicted molar refractivity (Wildman–Crippen MR) is 77.3 cm³/mol. The van der Waals surface area contributed by atoms with E-state index in [1.807, 2.05) is 6.07 Å². The van der Waals surface area contributed by atoms with E-state index in [9.17, 15) is 8.42 Å². The van der Waals surface area contributed by atoms with Gasteiger partial charge >= 0.3 is 0 Å². The van der Waals surface area contributed by atoms with Crippen molar-refractivity contribution in [1.82, 2.24) is 9.62 Å². The molecule has 0 amide bonds. The van der Waals surface area contributed by atoms with Gasteiger partial charge in [-0.1, -0.05) is 12.1 Å². The molecule has 1 heterocycles. The van der Waals surface area contributed by atoms with Crippen LogP contribution < -0.4 is 10.1 Å². The van der Waals surface area contributed by atoms with Gasteiger partial charge < -0.3 is 10.1 Å². The van der Waals surface area contributed by atoms with Gasteiger partial charge in [0.2, 0.25) is 10.0 Å². The van der Waals surface area contributed by atoms with Gasteiger partial charge in [0.05, 0.1) is 12.9 Å². The Hall–Kier alpha value is -0.820. The molecule has 0 bridgehead atoms. The summed E-state index contributed by atoms with van der Waals surface area (Å²) in [5.41, 5.74) is 0.757. The minimum atomic E-state index is -3.22. The predicted octanol–water partition coefficient (Wildman–Crippen LogP) is 0.852. The monoisotopic (exact) mass is 306 g/mol. The van der Waals surface area contributed by atoms with Crippen LogP contribution in [0.5, 0.6) is 5.75 Å². The van der Waals surface area contributed by atoms with E-state index >= 15 is 0 Å². The van der Waals surface area contributed by atoms with E-state index in [1.54, 1.807) is 29.6 Å². The lowest BCUT2D eigenvalue weighted by atomic mass is 10.2. The first-order valence-electron chi connectivity index (χ1n) is 5.93. The largest absolute Gasteiger partial charge is 0.497 e. The molecule has 0 radical (unpaired) electrons. The maximum atomic E-state index is 12.2. The Morgan fingerprint density at radius 3 is 2.63 bits per heavy atom. The van der Waals surface area contributed by atoms with E-state index < -0.39 is 10.0 Å². The summed E-state index contributed by atoms with van der Waals surface area (Å²) in [6.45, 7) is 2.54. The Morgan fingerprint density at radius 1 is 1.32 bits per heavy atom. The molecule has 1 aromatic carbocycles. The molecule has 2 rings (SSSR count). The number of nitrogens with one attached hydrogen (secondary N) is 1. The second kappa shape index (κ2) is 7.09. The molecule has 0 unspecified atom stereocenters. The van der Waals surface area contributed by atoms with Crippen LogP contribution in [0.4, 0.5) is 0 Å². The Kier molecular flexibility index (Phi) is 6.06. The fourth-order valence-corrected chi connectivity index (χ4v) is 3.51. The fraction of sp³-hybridized carbons (Fsp3) is 0.500. The Labute approximate surface area is 120 Å². The molecule has 0 atom stereocenters. The fourth-order valence-electron chi connectivity index (χ4n) is 1.99. The van der Waals surface area contributed by atoms with Crippen molar-refractivity contribution in [3.63, 3.8) is 0 Å². The Bertz CT molecular complexity index is 501. The van der Waals surface area contributed by atoms with E-state index in [0.29, 0.717) is 18.8 Å². The lowest BCUT2D eigenvalue weighted by Crippen LogP contribution is -2.46. The first-order chi connectivity index (χ1) is 8.62. The number of hydrogen-bond donors (Lipinski definition) is 1. The minimum Gasteiger partial charge on any atom is -0.497 e. The summed E-state index contributed by atoms with van der Waals surface area (Å²) in [4.78, 5) is 0. The zero-order valence-corrected chi connectivity index (χ0v) is 12.5. The van der Waals surface area contributed by atoms with Crippen molar-refractivity contribution in [3.05, 3.63) is 29.8 Å². The zero-order chi connectivity index (χ0) is 13.0. The second-order valence-corrected chi connectivity index (χ2v) is 6.23. The summed E-state index contributed by atoms with van der Waals surface area (Å²) in [6, 6.07) is 7.18. The molecule has 0 spiro atoms. The highest BCUT2D eigenvalue weighted by atomic mass is 35.5. The SMILES string of the molecule is COc1cccc(CS(=O)(=O)N2CCNCC2)c1.Cl. The molecule has 0 aromatic heterocycles. The van der Waals surface area contributed by atoms with Crippen LogP contribution in [0.3, 0.4) is 0 Å². The Balaban J connectivity index is 0.00000180. The summed E-state index contributed by atoms with van der Waals surface area (Å²) < 4.78 is 31.1. The summed E-state index contributed by atoms with van der Waals surface area (Å²) in [6.07, 6.45) is 0. The number of halogens is 1. The van der Waals surface area contributed by atoms with Gasteiger partial charge in [0, 0.05) is 26.2 Å². The number of rotatable bonds is 4. The quantitative estimate of drug-likeness (QED) is 0.896. The normalized spacial score (nSPS) is 16.7. The smallest absolute Gasteiger partial charge is 0.218 e. The average Bonchev–Trinajstić information content (AvgIpc) is 2.39. The lowest BCUT2D eigenvalue weighted by molar-refractivity contribution is 0.359. The standard InChI is InChI=1S/C12H18N2O3S.ClH/c1-17-12-4-2-3-11(9-12)10-18(15,16)14-7-5-13-6-8-14;/h2-4,9,13H,5-8,10H2,1H3;1H. The molecule has 1 saturated heterocycles. The van der Waals surface area contributed by atoms with Crippen molar-refractivity contribution in [2.45, 2.75) is 5.75 Å². The number of sulfonamides is 1. The first kappa shape index (κ1) is 16.2. The molecule has 1 N–H and O–H groups in total. The second-order valence-electron chi connectivity index (χ2n) is 4.26. The number of nitrogens with zero attached hydrogens (tertiary/aromatic N) is 1. The van der Waals surface area contributed by atoms with Crippen LogP contribution >= 0.6 is 12.4 Å². The highest BCUT2D eigenvalue weighted by Crippen LogP contribution is 2.17. The number of methoxy groups -OCH3 is 1. The van der Waals surface area contributed by atoms with Crippen LogP contribution in [0, 0.1) is 0 Å². The molecule has 1 aliphatic heterocycles. The summed E-state index contributed by atoms with van der Waals surface area (Å²) in [5, 5.41) is 3.14. The topological polar surface area (TPSA) is 58.6 Å². The Morgan fingerprint density at radius 2 is 2.00 bits per heavy atom. The van der Waals surface area contributed by atoms with Gasteiger partial charge in [0.25, 0.3) is 0 Å². The summed E-state index contributed by atoms with van der Waals surface area (Å²) in [5.74, 6) is 0.715. The number of ether oxygens (including phenoxy) is 1. The van der Waals surface area contributed by atoms with Gasteiger partial charge in [-0.15, -0.1) is 12.4 Å². The van der Waals surface area contributed by atoms with Crippen molar-refractivity contribution in [2.24, 2.45) is 0 Å². The molecular weight excluding hydrogens is 288 g/mol. The van der Waals surface area contributed by atoms with Crippen LogP contribution in [-0.2, 0) is 15.8 Å². The van der Waals surface area contributed by atoms with Gasteiger partial charge in [-0.3, -0.25) is 0 Å². The maximum Gasteiger partial charge on any atom is 0.218 e. The van der Waals surface area contributed by atoms with E-state index in [1.165, 1.54) is 0 Å². The molecule has 5 nitrogen and oxygen atoms in total. The highest BCUT2D eigenvalue weighted by Gasteiger charge is 2.23. The van der Waals surface area contributed by atoms with Gasteiger partial charge in [0.15, 0.2) is 0 Å². The van der Waals surface area contributed by atoms with Crippen molar-refractivity contribution in [2.75, 3.05) is 33.3 Å². The van der Waals surface area contributed by atoms with Gasteiger partial charge in [0.1, 0.15) is 5.75 Å². The third kappa shape index (κ3) is 4.35. The molecule has 19 heavy (non-hydrogen) atoms. The maximum absolute atomic E-state index is 12.2. The van der Waals surface area contributed by atoms with Crippen LogP contribution in [0.1, 0.15) is 5.56 Å². The third-order valence-corrected chi connectivity index (χ3v) is 4.80. The molecule has 1 aromatic rings. The van der Waals surface area contributed by atoms with Crippen LogP contribution in [0.2, 0.25) is 0 Å². The van der Waals surface area contributed by atoms with E-state index in [2.05, 4.69) is 5.32 Å². The summed E-state index contributed by atoms with van der Waals surface area (Å²) >= 11 is 0. The van der Waals surface area contributed by atoms with Crippen LogP contribution in [-0.4, -0.2) is 46.0 Å². The van der Waals surface area contributed by atoms with Crippen molar-refractivity contribution >= 4 is 22.4 Å². The molecule has 1 fully saturated rings. The highest BCUT2D eigenvalue weighted by molar-refractivity contribution is 7.88. The van der Waals surface area contributed by atoms with E-state index in [-0.39, 0.29) is 18.2 Å². The third-order valence-electron chi connectivity index (χ3n) is 2.95. The number of piperazine rings is 1.